The number of hydrogen-bond acceptors (Lipinski definition) is 5. The molecule has 7 nitrogen and oxygen atoms in total. The van der Waals surface area contributed by atoms with Gasteiger partial charge in [0.2, 0.25) is 5.91 Å². The van der Waals surface area contributed by atoms with Crippen LogP contribution in [0.1, 0.15) is 37.4 Å². The Balaban J connectivity index is 1.32. The van der Waals surface area contributed by atoms with Crippen molar-refractivity contribution in [2.75, 3.05) is 5.32 Å². The summed E-state index contributed by atoms with van der Waals surface area (Å²) < 4.78 is 3.26. The number of nitrogens with zero attached hydrogens (tertiary/aromatic N) is 4. The first kappa shape index (κ1) is 17.8. The quantitative estimate of drug-likeness (QED) is 0.549. The smallest absolute Gasteiger partial charge is 0.267 e. The lowest BCUT2D eigenvalue weighted by Gasteiger charge is -2.15. The van der Waals surface area contributed by atoms with Crippen molar-refractivity contribution < 1.29 is 4.79 Å². The molecule has 0 bridgehead atoms. The lowest BCUT2D eigenvalue weighted by molar-refractivity contribution is -0.119. The summed E-state index contributed by atoms with van der Waals surface area (Å²) in [5.74, 6) is 0.144. The summed E-state index contributed by atoms with van der Waals surface area (Å²) in [7, 11) is 0. The van der Waals surface area contributed by atoms with Crippen molar-refractivity contribution in [1.29, 1.82) is 0 Å². The molecule has 146 valence electrons. The third kappa shape index (κ3) is 3.47. The molecule has 0 radical (unpaired) electrons. The van der Waals surface area contributed by atoms with Gasteiger partial charge in [-0.3, -0.25) is 14.0 Å². The van der Waals surface area contributed by atoms with E-state index in [1.165, 1.54) is 10.7 Å². The summed E-state index contributed by atoms with van der Waals surface area (Å²) in [6, 6.07) is 10.1. The average molecular weight is 405 g/mol. The molecule has 1 saturated carbocycles. The Morgan fingerprint density at radius 1 is 1.21 bits per heavy atom. The molecule has 1 atom stereocenters. The molecule has 3 heterocycles. The second-order valence-corrected chi connectivity index (χ2v) is 8.15. The molecule has 0 spiro atoms. The Hall–Kier alpha value is -3.26. The van der Waals surface area contributed by atoms with Crippen molar-refractivity contribution in [3.8, 4) is 11.3 Å². The molecule has 1 aromatic carbocycles. The molecule has 1 fully saturated rings. The van der Waals surface area contributed by atoms with E-state index in [9.17, 15) is 9.59 Å². The van der Waals surface area contributed by atoms with E-state index < -0.39 is 6.04 Å². The summed E-state index contributed by atoms with van der Waals surface area (Å²) in [6.45, 7) is 1.69. The van der Waals surface area contributed by atoms with Gasteiger partial charge in [0.15, 0.2) is 4.96 Å². The predicted molar refractivity (Wildman–Crippen MR) is 112 cm³/mol. The molecular weight excluding hydrogens is 386 g/mol. The minimum Gasteiger partial charge on any atom is -0.324 e. The second kappa shape index (κ2) is 6.97. The summed E-state index contributed by atoms with van der Waals surface area (Å²) in [5.41, 5.74) is 3.14. The fourth-order valence-electron chi connectivity index (χ4n) is 3.26. The largest absolute Gasteiger partial charge is 0.324 e. The fraction of sp³-hybridized carbons (Fsp3) is 0.238. The van der Waals surface area contributed by atoms with Gasteiger partial charge >= 0.3 is 0 Å². The fourth-order valence-corrected chi connectivity index (χ4v) is 3.96. The number of carbonyl (C=O) groups excluding carboxylic acids is 1. The summed E-state index contributed by atoms with van der Waals surface area (Å²) in [6.07, 6.45) is 6.13. The van der Waals surface area contributed by atoms with Gasteiger partial charge in [-0.15, -0.1) is 11.3 Å². The van der Waals surface area contributed by atoms with E-state index in [-0.39, 0.29) is 11.5 Å². The van der Waals surface area contributed by atoms with Gasteiger partial charge in [-0.05, 0) is 38.0 Å². The van der Waals surface area contributed by atoms with Crippen LogP contribution < -0.4 is 10.9 Å². The van der Waals surface area contributed by atoms with E-state index >= 15 is 0 Å². The molecule has 1 amide bonds. The van der Waals surface area contributed by atoms with Gasteiger partial charge in [0.25, 0.3) is 5.56 Å². The Morgan fingerprint density at radius 2 is 2.00 bits per heavy atom. The van der Waals surface area contributed by atoms with E-state index in [0.29, 0.717) is 11.6 Å². The highest BCUT2D eigenvalue weighted by Crippen LogP contribution is 2.38. The molecule has 1 N–H and O–H groups in total. The third-order valence-corrected chi connectivity index (χ3v) is 5.90. The Morgan fingerprint density at radius 3 is 2.72 bits per heavy atom. The first-order valence-corrected chi connectivity index (χ1v) is 10.4. The number of thiazole rings is 1. The molecular formula is C21H19N5O2S. The van der Waals surface area contributed by atoms with E-state index in [0.717, 1.165) is 34.8 Å². The van der Waals surface area contributed by atoms with Gasteiger partial charge in [-0.2, -0.15) is 5.10 Å². The standard InChI is InChI=1S/C21H19N5O2S/c1-13(26-19(27)9-8-17(24-26)14-2-3-14)20(28)22-16-6-4-15(5-7-16)18-12-25-10-11-29-21(25)23-18/h4-14H,2-3H2,1H3,(H,22,28). The van der Waals surface area contributed by atoms with Crippen LogP contribution in [0, 0.1) is 0 Å². The van der Waals surface area contributed by atoms with Crippen LogP contribution in [0.15, 0.2) is 59.0 Å². The summed E-state index contributed by atoms with van der Waals surface area (Å²) >= 11 is 1.58. The van der Waals surface area contributed by atoms with Crippen LogP contribution in [0.3, 0.4) is 0 Å². The molecule has 0 aliphatic heterocycles. The number of benzene rings is 1. The van der Waals surface area contributed by atoms with Crippen LogP contribution in [0.4, 0.5) is 5.69 Å². The predicted octanol–water partition coefficient (Wildman–Crippen LogP) is 3.70. The average Bonchev–Trinajstić information content (AvgIpc) is 3.35. The number of carbonyl (C=O) groups is 1. The lowest BCUT2D eigenvalue weighted by Crippen LogP contribution is -2.33. The van der Waals surface area contributed by atoms with E-state index in [1.807, 2.05) is 46.4 Å². The Kier molecular flexibility index (Phi) is 4.28. The van der Waals surface area contributed by atoms with Crippen LogP contribution in [0.2, 0.25) is 0 Å². The Labute approximate surface area is 170 Å². The molecule has 3 aromatic heterocycles. The maximum atomic E-state index is 12.7. The highest BCUT2D eigenvalue weighted by Gasteiger charge is 2.27. The Bertz CT molecular complexity index is 1220. The monoisotopic (exact) mass is 405 g/mol. The van der Waals surface area contributed by atoms with E-state index in [4.69, 9.17) is 0 Å². The molecule has 1 aliphatic carbocycles. The molecule has 1 unspecified atom stereocenters. The highest BCUT2D eigenvalue weighted by molar-refractivity contribution is 7.15. The third-order valence-electron chi connectivity index (χ3n) is 5.13. The summed E-state index contributed by atoms with van der Waals surface area (Å²) in [5, 5.41) is 9.26. The maximum Gasteiger partial charge on any atom is 0.267 e. The molecule has 4 aromatic rings. The summed E-state index contributed by atoms with van der Waals surface area (Å²) in [4.78, 5) is 30.4. The molecule has 8 heteroatoms. The second-order valence-electron chi connectivity index (χ2n) is 7.28. The van der Waals surface area contributed by atoms with Crippen molar-refractivity contribution in [1.82, 2.24) is 19.2 Å². The van der Waals surface area contributed by atoms with Crippen molar-refractivity contribution in [3.05, 3.63) is 70.2 Å². The molecule has 1 aliphatic rings. The molecule has 5 rings (SSSR count). The number of anilines is 1. The maximum absolute atomic E-state index is 12.7. The first-order chi connectivity index (χ1) is 14.1. The minimum absolute atomic E-state index is 0.271. The molecule has 0 saturated heterocycles. The molecule has 29 heavy (non-hydrogen) atoms. The number of nitrogens with one attached hydrogen (secondary N) is 1. The number of hydrogen-bond donors (Lipinski definition) is 1. The first-order valence-electron chi connectivity index (χ1n) is 9.52. The van der Waals surface area contributed by atoms with Crippen molar-refractivity contribution in [2.24, 2.45) is 0 Å². The number of fused-ring (bicyclic) bond motifs is 1. The number of rotatable bonds is 5. The number of aromatic nitrogens is 4. The van der Waals surface area contributed by atoms with Crippen LogP contribution in [-0.4, -0.2) is 25.1 Å². The van der Waals surface area contributed by atoms with Crippen LogP contribution in [0.25, 0.3) is 16.2 Å². The van der Waals surface area contributed by atoms with Gasteiger partial charge < -0.3 is 5.32 Å². The zero-order valence-corrected chi connectivity index (χ0v) is 16.6. The number of imidazole rings is 1. The van der Waals surface area contributed by atoms with Crippen LogP contribution >= 0.6 is 11.3 Å². The van der Waals surface area contributed by atoms with Gasteiger partial charge in [0, 0.05) is 41.0 Å². The van der Waals surface area contributed by atoms with Gasteiger partial charge in [0.05, 0.1) is 11.4 Å². The topological polar surface area (TPSA) is 81.3 Å². The van der Waals surface area contributed by atoms with Gasteiger partial charge in [0.1, 0.15) is 6.04 Å². The number of amides is 1. The van der Waals surface area contributed by atoms with Gasteiger partial charge in [-0.25, -0.2) is 9.67 Å². The van der Waals surface area contributed by atoms with Crippen LogP contribution in [0.5, 0.6) is 0 Å². The van der Waals surface area contributed by atoms with E-state index in [2.05, 4.69) is 15.4 Å². The zero-order chi connectivity index (χ0) is 20.0. The van der Waals surface area contributed by atoms with E-state index in [1.54, 1.807) is 24.3 Å². The lowest BCUT2D eigenvalue weighted by atomic mass is 10.1. The van der Waals surface area contributed by atoms with Crippen molar-refractivity contribution in [2.45, 2.75) is 31.7 Å². The highest BCUT2D eigenvalue weighted by atomic mass is 32.1. The van der Waals surface area contributed by atoms with Gasteiger partial charge in [-0.1, -0.05) is 12.1 Å². The van der Waals surface area contributed by atoms with Crippen molar-refractivity contribution >= 4 is 27.9 Å². The zero-order valence-electron chi connectivity index (χ0n) is 15.8. The normalized spacial score (nSPS) is 14.8. The van der Waals surface area contributed by atoms with Crippen LogP contribution in [-0.2, 0) is 4.79 Å². The SMILES string of the molecule is CC(C(=O)Nc1ccc(-c2cn3ccsc3n2)cc1)n1nc(C2CC2)ccc1=O. The van der Waals surface area contributed by atoms with Crippen molar-refractivity contribution in [3.63, 3.8) is 0 Å². The minimum atomic E-state index is -0.694.